The molecule has 1 amide bonds. The van der Waals surface area contributed by atoms with Crippen molar-refractivity contribution in [3.63, 3.8) is 0 Å². The van der Waals surface area contributed by atoms with Gasteiger partial charge in [0.05, 0.1) is 6.61 Å². The number of aromatic nitrogens is 2. The summed E-state index contributed by atoms with van der Waals surface area (Å²) in [5.74, 6) is 2.42. The smallest absolute Gasteiger partial charge is 0.220 e. The van der Waals surface area contributed by atoms with Crippen LogP contribution >= 0.6 is 0 Å². The summed E-state index contributed by atoms with van der Waals surface area (Å²) in [4.78, 5) is 16.1. The summed E-state index contributed by atoms with van der Waals surface area (Å²) < 4.78 is 7.97. The first-order valence-corrected chi connectivity index (χ1v) is 9.07. The molecule has 0 spiro atoms. The number of benzene rings is 1. The SMILES string of the molecule is CCOc1cc(C)c(-c2nccn2CC2CCC(=O)N2)cc1C(C)C. The van der Waals surface area contributed by atoms with E-state index in [1.54, 1.807) is 0 Å². The minimum absolute atomic E-state index is 0.144. The van der Waals surface area contributed by atoms with Crippen molar-refractivity contribution in [2.45, 2.75) is 59.0 Å². The van der Waals surface area contributed by atoms with Crippen molar-refractivity contribution in [1.29, 1.82) is 0 Å². The van der Waals surface area contributed by atoms with Gasteiger partial charge in [-0.25, -0.2) is 4.98 Å². The van der Waals surface area contributed by atoms with E-state index in [9.17, 15) is 4.79 Å². The van der Waals surface area contributed by atoms with Gasteiger partial charge in [0.2, 0.25) is 5.91 Å². The van der Waals surface area contributed by atoms with Gasteiger partial charge in [-0.3, -0.25) is 4.79 Å². The quantitative estimate of drug-likeness (QED) is 0.872. The van der Waals surface area contributed by atoms with Crippen LogP contribution in [0.15, 0.2) is 24.5 Å². The van der Waals surface area contributed by atoms with E-state index in [2.05, 4.69) is 47.8 Å². The Morgan fingerprint density at radius 1 is 1.40 bits per heavy atom. The van der Waals surface area contributed by atoms with Crippen LogP contribution in [0, 0.1) is 6.92 Å². The summed E-state index contributed by atoms with van der Waals surface area (Å²) in [6.07, 6.45) is 5.33. The van der Waals surface area contributed by atoms with Gasteiger partial charge in [-0.1, -0.05) is 13.8 Å². The molecule has 1 unspecified atom stereocenters. The molecule has 3 rings (SSSR count). The van der Waals surface area contributed by atoms with Crippen LogP contribution in [-0.4, -0.2) is 28.1 Å². The topological polar surface area (TPSA) is 56.2 Å². The van der Waals surface area contributed by atoms with Gasteiger partial charge in [0, 0.05) is 37.0 Å². The molecule has 1 aromatic carbocycles. The number of amides is 1. The number of imidazole rings is 1. The van der Waals surface area contributed by atoms with Crippen LogP contribution in [0.1, 0.15) is 50.7 Å². The van der Waals surface area contributed by atoms with Crippen LogP contribution in [0.5, 0.6) is 5.75 Å². The average molecular weight is 341 g/mol. The zero-order valence-corrected chi connectivity index (χ0v) is 15.5. The van der Waals surface area contributed by atoms with Gasteiger partial charge in [0.25, 0.3) is 0 Å². The number of carbonyl (C=O) groups is 1. The van der Waals surface area contributed by atoms with Crippen LogP contribution in [0.2, 0.25) is 0 Å². The van der Waals surface area contributed by atoms with E-state index in [0.717, 1.165) is 35.7 Å². The van der Waals surface area contributed by atoms with E-state index < -0.39 is 0 Å². The van der Waals surface area contributed by atoms with Gasteiger partial charge in [-0.2, -0.15) is 0 Å². The molecule has 0 radical (unpaired) electrons. The lowest BCUT2D eigenvalue weighted by molar-refractivity contribution is -0.119. The standard InChI is InChI=1S/C20H27N3O2/c1-5-25-18-10-14(4)17(11-16(18)13(2)3)20-21-8-9-23(20)12-15-6-7-19(24)22-15/h8-11,13,15H,5-7,12H2,1-4H3,(H,22,24). The second-order valence-corrected chi connectivity index (χ2v) is 7.00. The van der Waals surface area contributed by atoms with Gasteiger partial charge in [-0.05, 0) is 49.4 Å². The predicted octanol–water partition coefficient (Wildman–Crippen LogP) is 3.66. The summed E-state index contributed by atoms with van der Waals surface area (Å²) in [6, 6.07) is 4.51. The molecule has 0 saturated carbocycles. The molecule has 2 aromatic rings. The highest BCUT2D eigenvalue weighted by atomic mass is 16.5. The first-order chi connectivity index (χ1) is 12.0. The van der Waals surface area contributed by atoms with E-state index in [0.29, 0.717) is 18.9 Å². The molecule has 1 saturated heterocycles. The summed E-state index contributed by atoms with van der Waals surface area (Å²) in [5, 5.41) is 3.03. The van der Waals surface area contributed by atoms with Crippen molar-refractivity contribution in [1.82, 2.24) is 14.9 Å². The first kappa shape index (κ1) is 17.5. The van der Waals surface area contributed by atoms with E-state index in [-0.39, 0.29) is 11.9 Å². The lowest BCUT2D eigenvalue weighted by Gasteiger charge is -2.19. The van der Waals surface area contributed by atoms with Crippen molar-refractivity contribution in [3.05, 3.63) is 35.7 Å². The molecule has 1 atom stereocenters. The number of aryl methyl sites for hydroxylation is 1. The monoisotopic (exact) mass is 341 g/mol. The van der Waals surface area contributed by atoms with Gasteiger partial charge in [0.1, 0.15) is 11.6 Å². The van der Waals surface area contributed by atoms with Crippen molar-refractivity contribution < 1.29 is 9.53 Å². The lowest BCUT2D eigenvalue weighted by atomic mass is 9.96. The predicted molar refractivity (Wildman–Crippen MR) is 98.8 cm³/mol. The summed E-state index contributed by atoms with van der Waals surface area (Å²) in [6.45, 7) is 9.88. The molecule has 0 bridgehead atoms. The van der Waals surface area contributed by atoms with Crippen LogP contribution in [-0.2, 0) is 11.3 Å². The largest absolute Gasteiger partial charge is 0.494 e. The highest BCUT2D eigenvalue weighted by Crippen LogP contribution is 2.34. The van der Waals surface area contributed by atoms with Gasteiger partial charge in [-0.15, -0.1) is 0 Å². The van der Waals surface area contributed by atoms with E-state index in [4.69, 9.17) is 4.74 Å². The fraction of sp³-hybridized carbons (Fsp3) is 0.500. The highest BCUT2D eigenvalue weighted by Gasteiger charge is 2.23. The number of nitrogens with one attached hydrogen (secondary N) is 1. The number of rotatable bonds is 6. The van der Waals surface area contributed by atoms with Crippen LogP contribution in [0.3, 0.4) is 0 Å². The Bertz CT molecular complexity index is 764. The number of nitrogens with zero attached hydrogens (tertiary/aromatic N) is 2. The zero-order chi connectivity index (χ0) is 18.0. The molecular formula is C20H27N3O2. The highest BCUT2D eigenvalue weighted by molar-refractivity contribution is 5.78. The minimum Gasteiger partial charge on any atom is -0.494 e. The molecule has 0 aliphatic carbocycles. The Labute approximate surface area is 149 Å². The molecule has 25 heavy (non-hydrogen) atoms. The van der Waals surface area contributed by atoms with E-state index >= 15 is 0 Å². The zero-order valence-electron chi connectivity index (χ0n) is 15.5. The van der Waals surface area contributed by atoms with Crippen molar-refractivity contribution >= 4 is 5.91 Å². The number of hydrogen-bond donors (Lipinski definition) is 1. The normalized spacial score (nSPS) is 17.2. The third-order valence-corrected chi connectivity index (χ3v) is 4.74. The Morgan fingerprint density at radius 2 is 2.20 bits per heavy atom. The van der Waals surface area contributed by atoms with Gasteiger partial charge >= 0.3 is 0 Å². The second kappa shape index (κ2) is 7.30. The number of carbonyl (C=O) groups excluding carboxylic acids is 1. The molecular weight excluding hydrogens is 314 g/mol. The van der Waals surface area contributed by atoms with Gasteiger partial charge in [0.15, 0.2) is 0 Å². The molecule has 1 aromatic heterocycles. The van der Waals surface area contributed by atoms with Crippen molar-refractivity contribution in [3.8, 4) is 17.1 Å². The maximum Gasteiger partial charge on any atom is 0.220 e. The van der Waals surface area contributed by atoms with Crippen LogP contribution < -0.4 is 10.1 Å². The molecule has 1 aliphatic rings. The third-order valence-electron chi connectivity index (χ3n) is 4.74. The molecule has 5 heteroatoms. The Hall–Kier alpha value is -2.30. The van der Waals surface area contributed by atoms with Crippen molar-refractivity contribution in [2.75, 3.05) is 6.61 Å². The Morgan fingerprint density at radius 3 is 2.84 bits per heavy atom. The number of ether oxygens (including phenoxy) is 1. The minimum atomic E-state index is 0.144. The molecule has 1 aliphatic heterocycles. The van der Waals surface area contributed by atoms with Crippen LogP contribution in [0.4, 0.5) is 0 Å². The lowest BCUT2D eigenvalue weighted by Crippen LogP contribution is -2.29. The third kappa shape index (κ3) is 3.70. The second-order valence-electron chi connectivity index (χ2n) is 7.00. The summed E-state index contributed by atoms with van der Waals surface area (Å²) >= 11 is 0. The summed E-state index contributed by atoms with van der Waals surface area (Å²) in [5.41, 5.74) is 3.48. The van der Waals surface area contributed by atoms with Crippen LogP contribution in [0.25, 0.3) is 11.4 Å². The molecule has 1 fully saturated rings. The van der Waals surface area contributed by atoms with Gasteiger partial charge < -0.3 is 14.6 Å². The molecule has 134 valence electrons. The van der Waals surface area contributed by atoms with E-state index in [1.807, 2.05) is 19.3 Å². The fourth-order valence-electron chi connectivity index (χ4n) is 3.42. The molecule has 2 heterocycles. The maximum absolute atomic E-state index is 11.5. The van der Waals surface area contributed by atoms with Crippen molar-refractivity contribution in [2.24, 2.45) is 0 Å². The van der Waals surface area contributed by atoms with E-state index in [1.165, 1.54) is 5.56 Å². The number of hydrogen-bond acceptors (Lipinski definition) is 3. The first-order valence-electron chi connectivity index (χ1n) is 9.07. The summed E-state index contributed by atoms with van der Waals surface area (Å²) in [7, 11) is 0. The maximum atomic E-state index is 11.5. The fourth-order valence-corrected chi connectivity index (χ4v) is 3.42. The molecule has 1 N–H and O–H groups in total. The average Bonchev–Trinajstić information content (AvgIpc) is 3.17. The Balaban J connectivity index is 1.95. The Kier molecular flexibility index (Phi) is 5.11. The molecule has 5 nitrogen and oxygen atoms in total.